The summed E-state index contributed by atoms with van der Waals surface area (Å²) in [5, 5.41) is 8.33. The van der Waals surface area contributed by atoms with E-state index in [1.54, 1.807) is 0 Å². The number of hydrogen-bond donors (Lipinski definition) is 1. The van der Waals surface area contributed by atoms with Crippen molar-refractivity contribution < 1.29 is 8.83 Å². The van der Waals surface area contributed by atoms with E-state index in [-0.39, 0.29) is 21.7 Å². The van der Waals surface area contributed by atoms with E-state index >= 15 is 0 Å². The molecule has 0 unspecified atom stereocenters. The Kier molecular flexibility index (Phi) is 14.4. The summed E-state index contributed by atoms with van der Waals surface area (Å²) < 4.78 is 13.6. The van der Waals surface area contributed by atoms with Crippen LogP contribution in [0.3, 0.4) is 0 Å². The van der Waals surface area contributed by atoms with E-state index in [0.717, 1.165) is 55.2 Å². The van der Waals surface area contributed by atoms with Crippen molar-refractivity contribution in [2.45, 2.75) is 77.0 Å². The number of anilines is 5. The molecule has 16 aromatic rings. The van der Waals surface area contributed by atoms with Crippen LogP contribution < -0.4 is 10.2 Å². The van der Waals surface area contributed by atoms with Gasteiger partial charge >= 0.3 is 0 Å². The third-order valence-corrected chi connectivity index (χ3v) is 23.0. The van der Waals surface area contributed by atoms with Gasteiger partial charge in [-0.2, -0.15) is 0 Å². The fourth-order valence-corrected chi connectivity index (χ4v) is 17.4. The Balaban J connectivity index is 0.000000121. The van der Waals surface area contributed by atoms with Crippen LogP contribution in [0.4, 0.5) is 28.4 Å². The first kappa shape index (κ1) is 62.0. The molecule has 0 spiro atoms. The molecule has 101 heavy (non-hydrogen) atoms. The Morgan fingerprint density at radius 2 is 0.594 bits per heavy atom. The Hall–Kier alpha value is -11.2. The monoisotopic (exact) mass is 1370 g/mol. The van der Waals surface area contributed by atoms with Crippen LogP contribution in [0.15, 0.2) is 317 Å². The van der Waals surface area contributed by atoms with E-state index in [2.05, 4.69) is 361 Å². The molecule has 4 aliphatic rings. The average Bonchev–Trinajstić information content (AvgIpc) is 1.59. The molecule has 2 aromatic heterocycles. The van der Waals surface area contributed by atoms with Gasteiger partial charge in [0.2, 0.25) is 0 Å². The summed E-state index contributed by atoms with van der Waals surface area (Å²) in [5.41, 5.74) is 35.7. The number of nitrogens with zero attached hydrogens (tertiary/aromatic N) is 1. The van der Waals surface area contributed by atoms with Crippen molar-refractivity contribution in [3.8, 4) is 66.8 Å². The van der Waals surface area contributed by atoms with E-state index in [9.17, 15) is 0 Å². The highest BCUT2D eigenvalue weighted by Crippen LogP contribution is 2.56. The summed E-state index contributed by atoms with van der Waals surface area (Å²) in [5.74, 6) is 0. The zero-order valence-electron chi connectivity index (χ0n) is 58.0. The lowest BCUT2D eigenvalue weighted by Crippen LogP contribution is -2.18. The zero-order valence-corrected chi connectivity index (χ0v) is 59.6. The minimum absolute atomic E-state index is 0.00100. The smallest absolute Gasteiger partial charge is 0.136 e. The van der Waals surface area contributed by atoms with Gasteiger partial charge < -0.3 is 19.1 Å². The molecule has 0 saturated carbocycles. The summed E-state index contributed by atoms with van der Waals surface area (Å²) in [6, 6.07) is 110. The van der Waals surface area contributed by atoms with Crippen LogP contribution in [-0.2, 0) is 21.7 Å². The van der Waals surface area contributed by atoms with E-state index in [1.807, 2.05) is 24.3 Å². The molecule has 0 aliphatic heterocycles. The van der Waals surface area contributed by atoms with E-state index in [4.69, 9.17) is 8.83 Å². The van der Waals surface area contributed by atoms with Gasteiger partial charge in [-0.25, -0.2) is 0 Å². The molecule has 2 heterocycles. The van der Waals surface area contributed by atoms with Crippen LogP contribution in [0.2, 0.25) is 0 Å². The zero-order chi connectivity index (χ0) is 68.7. The molecule has 5 heteroatoms. The highest BCUT2D eigenvalue weighted by atomic mass is 79.9. The van der Waals surface area contributed by atoms with Crippen molar-refractivity contribution in [1.82, 2.24) is 0 Å². The second kappa shape index (κ2) is 23.4. The lowest BCUT2D eigenvalue weighted by atomic mass is 9.81. The van der Waals surface area contributed by atoms with Crippen molar-refractivity contribution in [3.05, 3.63) is 352 Å². The Labute approximate surface area is 599 Å². The number of nitrogens with one attached hydrogen (secondary N) is 1. The van der Waals surface area contributed by atoms with Gasteiger partial charge in [-0.05, 0) is 220 Å². The number of hydrogen-bond acceptors (Lipinski definition) is 4. The SMILES string of the molecule is CC1(C)c2cc(Br)ccc2-c2cc3oc4ccccc4c3cc21.CC1(C)c2ccccc2-c2ccc(N(c3ccc(-c4ccccc4)cc3)c3ccc4c(c3)C(C)(C)c3cc5c(cc3-4)oc3ccccc35)cc21.CC1(C)c2ccccc2-c2ccc(Nc3ccc(-c4ccccc4)cc3)cc21. The molecule has 0 fully saturated rings. The fourth-order valence-electron chi connectivity index (χ4n) is 17.0. The minimum atomic E-state index is -0.183. The van der Waals surface area contributed by atoms with Crippen LogP contribution in [0.1, 0.15) is 99.9 Å². The molecule has 0 atom stereocenters. The summed E-state index contributed by atoms with van der Waals surface area (Å²) in [6.07, 6.45) is 0. The first-order chi connectivity index (χ1) is 49.0. The van der Waals surface area contributed by atoms with Crippen LogP contribution in [0.5, 0.6) is 0 Å². The number of para-hydroxylation sites is 2. The molecule has 14 aromatic carbocycles. The van der Waals surface area contributed by atoms with Crippen molar-refractivity contribution >= 4 is 88.2 Å². The number of benzene rings is 14. The molecule has 0 bridgehead atoms. The van der Waals surface area contributed by atoms with Gasteiger partial charge in [-0.15, -0.1) is 0 Å². The van der Waals surface area contributed by atoms with Crippen molar-refractivity contribution in [1.29, 1.82) is 0 Å². The Bertz CT molecular complexity index is 5990. The molecule has 0 amide bonds. The van der Waals surface area contributed by atoms with Crippen LogP contribution in [0.25, 0.3) is 111 Å². The van der Waals surface area contributed by atoms with E-state index in [1.165, 1.54) is 133 Å². The van der Waals surface area contributed by atoms with Gasteiger partial charge in [0, 0.05) is 76.1 Å². The maximum Gasteiger partial charge on any atom is 0.136 e. The number of furan rings is 2. The normalized spacial score (nSPS) is 14.5. The first-order valence-electron chi connectivity index (χ1n) is 35.2. The highest BCUT2D eigenvalue weighted by Gasteiger charge is 2.41. The largest absolute Gasteiger partial charge is 0.456 e. The molecule has 1 N–H and O–H groups in total. The van der Waals surface area contributed by atoms with Crippen LogP contribution in [0, 0.1) is 0 Å². The maximum absolute atomic E-state index is 6.35. The van der Waals surface area contributed by atoms with E-state index < -0.39 is 0 Å². The first-order valence-corrected chi connectivity index (χ1v) is 36.0. The Morgan fingerprint density at radius 1 is 0.248 bits per heavy atom. The third kappa shape index (κ3) is 10.1. The molecule has 0 saturated heterocycles. The highest BCUT2D eigenvalue weighted by molar-refractivity contribution is 9.10. The number of halogens is 1. The lowest BCUT2D eigenvalue weighted by Gasteiger charge is -2.30. The predicted octanol–water partition coefficient (Wildman–Crippen LogP) is 27.4. The quantitative estimate of drug-likeness (QED) is 0.173. The van der Waals surface area contributed by atoms with Crippen molar-refractivity contribution in [2.75, 3.05) is 10.2 Å². The predicted molar refractivity (Wildman–Crippen MR) is 427 cm³/mol. The molecule has 488 valence electrons. The van der Waals surface area contributed by atoms with Crippen LogP contribution >= 0.6 is 15.9 Å². The fraction of sp³-hybridized carbons (Fsp3) is 0.125. The van der Waals surface area contributed by atoms with Crippen molar-refractivity contribution in [2.24, 2.45) is 0 Å². The van der Waals surface area contributed by atoms with Gasteiger partial charge in [0.15, 0.2) is 0 Å². The lowest BCUT2D eigenvalue weighted by molar-refractivity contribution is 0.657. The molecule has 20 rings (SSSR count). The third-order valence-electron chi connectivity index (χ3n) is 22.5. The molecule has 4 nitrogen and oxygen atoms in total. The van der Waals surface area contributed by atoms with E-state index in [0.29, 0.717) is 0 Å². The second-order valence-corrected chi connectivity index (χ2v) is 30.7. The number of fused-ring (bicyclic) bond motifs is 18. The number of rotatable bonds is 7. The summed E-state index contributed by atoms with van der Waals surface area (Å²) >= 11 is 3.61. The molecular formula is C96H75BrN2O2. The average molecular weight is 1370 g/mol. The van der Waals surface area contributed by atoms with Gasteiger partial charge in [0.1, 0.15) is 22.3 Å². The van der Waals surface area contributed by atoms with Gasteiger partial charge in [0.25, 0.3) is 0 Å². The van der Waals surface area contributed by atoms with Gasteiger partial charge in [-0.3, -0.25) is 0 Å². The summed E-state index contributed by atoms with van der Waals surface area (Å²) in [7, 11) is 0. The van der Waals surface area contributed by atoms with Crippen molar-refractivity contribution in [3.63, 3.8) is 0 Å². The van der Waals surface area contributed by atoms with Crippen LogP contribution in [-0.4, -0.2) is 0 Å². The maximum atomic E-state index is 6.35. The summed E-state index contributed by atoms with van der Waals surface area (Å²) in [4.78, 5) is 2.44. The topological polar surface area (TPSA) is 41.6 Å². The van der Waals surface area contributed by atoms with Gasteiger partial charge in [0.05, 0.1) is 0 Å². The molecular weight excluding hydrogens is 1290 g/mol. The van der Waals surface area contributed by atoms with Gasteiger partial charge in [-0.1, -0.05) is 265 Å². The minimum Gasteiger partial charge on any atom is -0.456 e. The Morgan fingerprint density at radius 3 is 1.10 bits per heavy atom. The molecule has 0 radical (unpaired) electrons. The molecule has 4 aliphatic carbocycles. The standard InChI is InChI=1S/C48H37NO.C27H23N.C21H15BrO/c1-47(2)41-16-10-8-14-35(41)36-24-22-33(26-42(36)47)49(32-20-18-31(19-21-32)30-12-6-5-7-13-30)34-23-25-37-39-29-46-40(38-15-9-11-17-45(38)50-46)28-44(39)48(3,4)43(37)27-34;1-27(2)25-11-7-6-10-23(25)24-17-16-22(18-26(24)27)28-21-14-12-20(13-15-21)19-8-4-3-5-9-19;1-21(2)17-9-12(22)7-8-13(17)15-11-20-16(10-18(15)21)14-5-3-4-6-19(14)23-20/h5-29H,1-4H3;3-18,28H,1-2H3;3-11H,1-2H3. The summed E-state index contributed by atoms with van der Waals surface area (Å²) in [6.45, 7) is 18.7. The second-order valence-electron chi connectivity index (χ2n) is 29.8.